The molecule has 3 rings (SSSR count). The summed E-state index contributed by atoms with van der Waals surface area (Å²) in [5.74, 6) is -0.541. The number of carbonyl (C=O) groups excluding carboxylic acids is 2. The molecule has 5 nitrogen and oxygen atoms in total. The molecule has 1 aromatic carbocycles. The molecule has 1 N–H and O–H groups in total. The normalized spacial score (nSPS) is 10.9. The zero-order valence-electron chi connectivity index (χ0n) is 15.7. The molecule has 28 heavy (non-hydrogen) atoms. The average Bonchev–Trinajstić information content (AvgIpc) is 3.30. The molecule has 2 aromatic heterocycles. The third-order valence-corrected chi connectivity index (χ3v) is 5.78. The number of aryl methyl sites for hydroxylation is 1. The van der Waals surface area contributed by atoms with Gasteiger partial charge in [-0.1, -0.05) is 29.8 Å². The fourth-order valence-corrected chi connectivity index (χ4v) is 4.17. The molecule has 0 atom stereocenters. The molecule has 0 spiro atoms. The lowest BCUT2D eigenvalue weighted by Gasteiger charge is -2.19. The van der Waals surface area contributed by atoms with E-state index in [-0.39, 0.29) is 18.5 Å². The van der Waals surface area contributed by atoms with Gasteiger partial charge >= 0.3 is 5.97 Å². The third kappa shape index (κ3) is 5.36. The van der Waals surface area contributed by atoms with Crippen molar-refractivity contribution in [3.63, 3.8) is 0 Å². The fraction of sp³-hybridized carbons (Fsp3) is 0.333. The van der Waals surface area contributed by atoms with E-state index in [2.05, 4.69) is 11.1 Å². The van der Waals surface area contributed by atoms with Crippen molar-refractivity contribution in [1.29, 1.82) is 0 Å². The second-order valence-corrected chi connectivity index (χ2v) is 8.29. The number of nitrogens with one attached hydrogen (secondary N) is 1. The molecular formula is C21H23ClN2O3S. The molecular weight excluding hydrogens is 396 g/mol. The summed E-state index contributed by atoms with van der Waals surface area (Å²) in [4.78, 5) is 30.2. The van der Waals surface area contributed by atoms with Gasteiger partial charge in [0.15, 0.2) is 6.61 Å². The molecule has 3 aromatic rings. The lowest BCUT2D eigenvalue weighted by Crippen LogP contribution is -2.33. The topological polar surface area (TPSA) is 62.4 Å². The maximum Gasteiger partial charge on any atom is 0.306 e. The summed E-state index contributed by atoms with van der Waals surface area (Å²) in [7, 11) is 0. The molecule has 148 valence electrons. The number of para-hydroxylation sites is 1. The van der Waals surface area contributed by atoms with Crippen LogP contribution in [0.5, 0.6) is 0 Å². The molecule has 0 bridgehead atoms. The van der Waals surface area contributed by atoms with Crippen molar-refractivity contribution >= 4 is 45.7 Å². The molecule has 0 aliphatic rings. The van der Waals surface area contributed by atoms with Crippen molar-refractivity contribution in [1.82, 2.24) is 9.88 Å². The van der Waals surface area contributed by atoms with Gasteiger partial charge < -0.3 is 14.6 Å². The van der Waals surface area contributed by atoms with Gasteiger partial charge in [-0.2, -0.15) is 0 Å². The summed E-state index contributed by atoms with van der Waals surface area (Å²) in [5, 5.41) is 1.18. The first-order chi connectivity index (χ1) is 13.6. The lowest BCUT2D eigenvalue weighted by molar-refractivity contribution is -0.152. The molecule has 0 unspecified atom stereocenters. The van der Waals surface area contributed by atoms with Crippen LogP contribution in [0.4, 0.5) is 0 Å². The summed E-state index contributed by atoms with van der Waals surface area (Å²) < 4.78 is 5.87. The largest absolute Gasteiger partial charge is 0.456 e. The standard InChI is InChI=1S/C21H23ClN2O3S/c1-2-24(13-16-10-11-19(22)28-16)20(25)14-27-21(26)9-5-6-15-12-23-18-8-4-3-7-17(15)18/h3-4,7-8,10-12,23H,2,5-6,9,13-14H2,1H3. The van der Waals surface area contributed by atoms with Gasteiger partial charge in [0.2, 0.25) is 0 Å². The Hall–Kier alpha value is -2.31. The first-order valence-corrected chi connectivity index (χ1v) is 10.5. The van der Waals surface area contributed by atoms with Crippen LogP contribution in [0.1, 0.15) is 30.2 Å². The van der Waals surface area contributed by atoms with Gasteiger partial charge in [0.25, 0.3) is 5.91 Å². The zero-order chi connectivity index (χ0) is 19.9. The minimum atomic E-state index is -0.344. The number of benzene rings is 1. The van der Waals surface area contributed by atoms with Crippen LogP contribution in [0.3, 0.4) is 0 Å². The van der Waals surface area contributed by atoms with E-state index < -0.39 is 0 Å². The van der Waals surface area contributed by atoms with E-state index in [0.717, 1.165) is 16.8 Å². The van der Waals surface area contributed by atoms with Crippen molar-refractivity contribution in [3.05, 3.63) is 57.4 Å². The van der Waals surface area contributed by atoms with E-state index >= 15 is 0 Å². The van der Waals surface area contributed by atoms with Gasteiger partial charge in [0.1, 0.15) is 0 Å². The average molecular weight is 419 g/mol. The minimum Gasteiger partial charge on any atom is -0.456 e. The third-order valence-electron chi connectivity index (χ3n) is 4.57. The van der Waals surface area contributed by atoms with Crippen LogP contribution >= 0.6 is 22.9 Å². The molecule has 7 heteroatoms. The number of fused-ring (bicyclic) bond motifs is 1. The van der Waals surface area contributed by atoms with Crippen molar-refractivity contribution in [2.75, 3.05) is 13.2 Å². The van der Waals surface area contributed by atoms with Crippen LogP contribution in [0.15, 0.2) is 42.6 Å². The monoisotopic (exact) mass is 418 g/mol. The number of thiophene rings is 1. The van der Waals surface area contributed by atoms with Crippen molar-refractivity contribution in [2.24, 2.45) is 0 Å². The number of esters is 1. The predicted molar refractivity (Wildman–Crippen MR) is 113 cm³/mol. The van der Waals surface area contributed by atoms with Crippen molar-refractivity contribution in [3.8, 4) is 0 Å². The summed E-state index contributed by atoms with van der Waals surface area (Å²) in [5.41, 5.74) is 2.28. The number of rotatable bonds is 9. The molecule has 0 aliphatic carbocycles. The Morgan fingerprint density at radius 3 is 2.79 bits per heavy atom. The minimum absolute atomic E-state index is 0.197. The Labute approximate surface area is 173 Å². The second-order valence-electron chi connectivity index (χ2n) is 6.49. The number of nitrogens with zero attached hydrogens (tertiary/aromatic N) is 1. The van der Waals surface area contributed by atoms with Gasteiger partial charge in [-0.05, 0) is 43.5 Å². The first-order valence-electron chi connectivity index (χ1n) is 9.29. The Morgan fingerprint density at radius 1 is 1.21 bits per heavy atom. The Balaban J connectivity index is 1.41. The Kier molecular flexibility index (Phi) is 7.12. The maximum atomic E-state index is 12.3. The number of amides is 1. The highest BCUT2D eigenvalue weighted by atomic mass is 35.5. The zero-order valence-corrected chi connectivity index (χ0v) is 17.3. The van der Waals surface area contributed by atoms with E-state index in [1.54, 1.807) is 4.90 Å². The first kappa shape index (κ1) is 20.4. The molecule has 1 amide bonds. The van der Waals surface area contributed by atoms with Gasteiger partial charge in [-0.3, -0.25) is 9.59 Å². The number of hydrogen-bond acceptors (Lipinski definition) is 4. The number of hydrogen-bond donors (Lipinski definition) is 1. The van der Waals surface area contributed by atoms with E-state index in [4.69, 9.17) is 16.3 Å². The summed E-state index contributed by atoms with van der Waals surface area (Å²) >= 11 is 7.38. The quantitative estimate of drug-likeness (QED) is 0.508. The van der Waals surface area contributed by atoms with Crippen LogP contribution in [-0.4, -0.2) is 34.9 Å². The Bertz CT molecular complexity index is 950. The SMILES string of the molecule is CCN(Cc1ccc(Cl)s1)C(=O)COC(=O)CCCc1c[nH]c2ccccc12. The van der Waals surface area contributed by atoms with Gasteiger partial charge in [-0.25, -0.2) is 0 Å². The number of ether oxygens (including phenoxy) is 1. The molecule has 0 aliphatic heterocycles. The summed E-state index contributed by atoms with van der Waals surface area (Å²) in [6.07, 6.45) is 3.74. The van der Waals surface area contributed by atoms with Crippen LogP contribution in [0.25, 0.3) is 10.9 Å². The highest BCUT2D eigenvalue weighted by molar-refractivity contribution is 7.16. The highest BCUT2D eigenvalue weighted by Crippen LogP contribution is 2.23. The molecule has 0 saturated carbocycles. The molecule has 0 radical (unpaired) electrons. The summed E-state index contributed by atoms with van der Waals surface area (Å²) in [6, 6.07) is 11.8. The second kappa shape index (κ2) is 9.75. The molecule has 2 heterocycles. The van der Waals surface area contributed by atoms with Gasteiger partial charge in [0, 0.05) is 34.9 Å². The number of H-pyrrole nitrogens is 1. The van der Waals surface area contributed by atoms with Gasteiger partial charge in [0.05, 0.1) is 10.9 Å². The van der Waals surface area contributed by atoms with Gasteiger partial charge in [-0.15, -0.1) is 11.3 Å². The smallest absolute Gasteiger partial charge is 0.306 e. The van der Waals surface area contributed by atoms with Crippen LogP contribution < -0.4 is 0 Å². The maximum absolute atomic E-state index is 12.3. The number of aromatic nitrogens is 1. The summed E-state index contributed by atoms with van der Waals surface area (Å²) in [6.45, 7) is 2.70. The lowest BCUT2D eigenvalue weighted by atomic mass is 10.1. The van der Waals surface area contributed by atoms with Crippen LogP contribution in [-0.2, 0) is 27.3 Å². The van der Waals surface area contributed by atoms with Crippen LogP contribution in [0, 0.1) is 0 Å². The fourth-order valence-electron chi connectivity index (χ4n) is 3.07. The van der Waals surface area contributed by atoms with E-state index in [1.165, 1.54) is 22.3 Å². The van der Waals surface area contributed by atoms with E-state index in [9.17, 15) is 9.59 Å². The molecule has 0 fully saturated rings. The number of carbonyl (C=O) groups is 2. The number of halogens is 1. The highest BCUT2D eigenvalue weighted by Gasteiger charge is 2.15. The number of aromatic amines is 1. The van der Waals surface area contributed by atoms with E-state index in [1.807, 2.05) is 43.5 Å². The Morgan fingerprint density at radius 2 is 2.04 bits per heavy atom. The molecule has 0 saturated heterocycles. The number of likely N-dealkylation sites (N-methyl/N-ethyl adjacent to an activating group) is 1. The predicted octanol–water partition coefficient (Wildman–Crippen LogP) is 4.80. The van der Waals surface area contributed by atoms with Crippen molar-refractivity contribution < 1.29 is 14.3 Å². The van der Waals surface area contributed by atoms with Crippen molar-refractivity contribution in [2.45, 2.75) is 32.7 Å². The van der Waals surface area contributed by atoms with Crippen LogP contribution in [0.2, 0.25) is 4.34 Å². The van der Waals surface area contributed by atoms with E-state index in [0.29, 0.717) is 30.3 Å².